The summed E-state index contributed by atoms with van der Waals surface area (Å²) in [5.41, 5.74) is 2.35. The second-order valence-corrected chi connectivity index (χ2v) is 7.78. The van der Waals surface area contributed by atoms with Crippen LogP contribution in [0.1, 0.15) is 37.8 Å². The summed E-state index contributed by atoms with van der Waals surface area (Å²) in [7, 11) is 3.55. The average Bonchev–Trinajstić information content (AvgIpc) is 2.62. The zero-order valence-electron chi connectivity index (χ0n) is 17.1. The van der Waals surface area contributed by atoms with Crippen molar-refractivity contribution in [2.24, 2.45) is 16.8 Å². The van der Waals surface area contributed by atoms with Crippen molar-refractivity contribution in [2.75, 3.05) is 40.3 Å². The highest BCUT2D eigenvalue weighted by Gasteiger charge is 2.20. The Hall–Kier alpha value is -1.75. The smallest absolute Gasteiger partial charge is 0.191 e. The minimum Gasteiger partial charge on any atom is -0.496 e. The van der Waals surface area contributed by atoms with Crippen molar-refractivity contribution in [1.29, 1.82) is 0 Å². The van der Waals surface area contributed by atoms with Gasteiger partial charge in [0.2, 0.25) is 0 Å². The van der Waals surface area contributed by atoms with Gasteiger partial charge in [-0.1, -0.05) is 26.0 Å². The van der Waals surface area contributed by atoms with E-state index in [-0.39, 0.29) is 0 Å². The monoisotopic (exact) mass is 360 g/mol. The molecular weight excluding hydrogens is 324 g/mol. The van der Waals surface area contributed by atoms with Gasteiger partial charge in [-0.05, 0) is 49.8 Å². The van der Waals surface area contributed by atoms with Crippen LogP contribution in [-0.4, -0.2) is 51.2 Å². The van der Waals surface area contributed by atoms with Gasteiger partial charge in [-0.2, -0.15) is 0 Å². The fraction of sp³-hybridized carbons (Fsp3) is 0.667. The number of benzene rings is 1. The minimum absolute atomic E-state index is 0.690. The molecule has 1 aliphatic heterocycles. The van der Waals surface area contributed by atoms with Crippen molar-refractivity contribution < 1.29 is 4.74 Å². The Bertz CT molecular complexity index is 585. The minimum atomic E-state index is 0.690. The van der Waals surface area contributed by atoms with E-state index < -0.39 is 0 Å². The molecule has 5 nitrogen and oxygen atoms in total. The molecule has 1 fully saturated rings. The standard InChI is InChI=1S/C21H36N4O/c1-16(2)14-25-10-6-7-18(15-25)12-23-21(22-4)24-13-19-9-8-17(3)11-20(19)26-5/h8-9,11,16,18H,6-7,10,12-15H2,1-5H3,(H2,22,23,24). The predicted molar refractivity (Wildman–Crippen MR) is 110 cm³/mol. The Morgan fingerprint density at radius 3 is 2.85 bits per heavy atom. The number of likely N-dealkylation sites (tertiary alicyclic amines) is 1. The largest absolute Gasteiger partial charge is 0.496 e. The summed E-state index contributed by atoms with van der Waals surface area (Å²) in [5.74, 6) is 3.20. The molecule has 0 aliphatic carbocycles. The first-order chi connectivity index (χ1) is 12.5. The number of ether oxygens (including phenoxy) is 1. The summed E-state index contributed by atoms with van der Waals surface area (Å²) in [5, 5.41) is 6.91. The third-order valence-corrected chi connectivity index (χ3v) is 4.90. The zero-order chi connectivity index (χ0) is 18.9. The predicted octanol–water partition coefficient (Wildman–Crippen LogP) is 3.04. The van der Waals surface area contributed by atoms with Crippen LogP contribution in [0.4, 0.5) is 0 Å². The van der Waals surface area contributed by atoms with Gasteiger partial charge in [0, 0.05) is 38.8 Å². The number of aryl methyl sites for hydroxylation is 1. The van der Waals surface area contributed by atoms with Crippen molar-refractivity contribution in [2.45, 2.75) is 40.2 Å². The maximum absolute atomic E-state index is 5.48. The number of methoxy groups -OCH3 is 1. The number of nitrogens with one attached hydrogen (secondary N) is 2. The molecule has 146 valence electrons. The van der Waals surface area contributed by atoms with E-state index in [0.29, 0.717) is 12.5 Å². The molecule has 1 unspecified atom stereocenters. The van der Waals surface area contributed by atoms with Crippen LogP contribution < -0.4 is 15.4 Å². The normalized spacial score (nSPS) is 18.8. The van der Waals surface area contributed by atoms with E-state index in [0.717, 1.165) is 29.7 Å². The molecule has 0 spiro atoms. The number of rotatable bonds is 7. The van der Waals surface area contributed by atoms with Gasteiger partial charge in [0.1, 0.15) is 5.75 Å². The third kappa shape index (κ3) is 6.52. The van der Waals surface area contributed by atoms with Crippen molar-refractivity contribution in [3.8, 4) is 5.75 Å². The van der Waals surface area contributed by atoms with Gasteiger partial charge >= 0.3 is 0 Å². The molecule has 1 aromatic carbocycles. The van der Waals surface area contributed by atoms with E-state index in [4.69, 9.17) is 4.74 Å². The zero-order valence-corrected chi connectivity index (χ0v) is 17.1. The van der Waals surface area contributed by atoms with Crippen LogP contribution in [0, 0.1) is 18.8 Å². The van der Waals surface area contributed by atoms with E-state index in [1.54, 1.807) is 7.11 Å². The highest BCUT2D eigenvalue weighted by molar-refractivity contribution is 5.79. The first kappa shape index (κ1) is 20.6. The topological polar surface area (TPSA) is 48.9 Å². The second kappa shape index (κ2) is 10.4. The van der Waals surface area contributed by atoms with Crippen LogP contribution in [-0.2, 0) is 6.54 Å². The quantitative estimate of drug-likeness (QED) is 0.580. The van der Waals surface area contributed by atoms with Gasteiger partial charge < -0.3 is 20.3 Å². The van der Waals surface area contributed by atoms with E-state index >= 15 is 0 Å². The molecule has 0 aromatic heterocycles. The van der Waals surface area contributed by atoms with Crippen LogP contribution in [0.5, 0.6) is 5.75 Å². The lowest BCUT2D eigenvalue weighted by Gasteiger charge is -2.34. The average molecular weight is 361 g/mol. The van der Waals surface area contributed by atoms with Crippen LogP contribution in [0.2, 0.25) is 0 Å². The summed E-state index contributed by atoms with van der Waals surface area (Å²) in [6.45, 7) is 12.0. The third-order valence-electron chi connectivity index (χ3n) is 4.90. The first-order valence-electron chi connectivity index (χ1n) is 9.82. The van der Waals surface area contributed by atoms with E-state index in [9.17, 15) is 0 Å². The van der Waals surface area contributed by atoms with E-state index in [1.807, 2.05) is 7.05 Å². The molecule has 0 amide bonds. The molecule has 1 aliphatic rings. The first-order valence-corrected chi connectivity index (χ1v) is 9.82. The molecular formula is C21H36N4O. The lowest BCUT2D eigenvalue weighted by Crippen LogP contribution is -2.45. The molecule has 2 rings (SSSR count). The Morgan fingerprint density at radius 2 is 2.15 bits per heavy atom. The number of hydrogen-bond donors (Lipinski definition) is 2. The van der Waals surface area contributed by atoms with Gasteiger partial charge in [-0.25, -0.2) is 0 Å². The van der Waals surface area contributed by atoms with Gasteiger partial charge in [-0.15, -0.1) is 0 Å². The Labute approximate surface area is 159 Å². The Balaban J connectivity index is 1.81. The van der Waals surface area contributed by atoms with E-state index in [1.165, 1.54) is 38.0 Å². The summed E-state index contributed by atoms with van der Waals surface area (Å²) in [6.07, 6.45) is 2.59. The number of piperidine rings is 1. The van der Waals surface area contributed by atoms with Crippen molar-refractivity contribution >= 4 is 5.96 Å². The van der Waals surface area contributed by atoms with Gasteiger partial charge in [0.15, 0.2) is 5.96 Å². The molecule has 2 N–H and O–H groups in total. The lowest BCUT2D eigenvalue weighted by atomic mass is 9.97. The molecule has 0 radical (unpaired) electrons. The van der Waals surface area contributed by atoms with Crippen LogP contribution in [0.25, 0.3) is 0 Å². The SMILES string of the molecule is CN=C(NCc1ccc(C)cc1OC)NCC1CCCN(CC(C)C)C1. The second-order valence-electron chi connectivity index (χ2n) is 7.78. The molecule has 1 aromatic rings. The molecule has 1 saturated heterocycles. The van der Waals surface area contributed by atoms with E-state index in [2.05, 4.69) is 59.5 Å². The summed E-state index contributed by atoms with van der Waals surface area (Å²) < 4.78 is 5.48. The maximum Gasteiger partial charge on any atom is 0.191 e. The summed E-state index contributed by atoms with van der Waals surface area (Å²) in [4.78, 5) is 6.97. The summed E-state index contributed by atoms with van der Waals surface area (Å²) in [6, 6.07) is 6.29. The highest BCUT2D eigenvalue weighted by atomic mass is 16.5. The number of aliphatic imine (C=N–C) groups is 1. The van der Waals surface area contributed by atoms with Gasteiger partial charge in [0.05, 0.1) is 7.11 Å². The number of hydrogen-bond acceptors (Lipinski definition) is 3. The fourth-order valence-electron chi connectivity index (χ4n) is 3.64. The maximum atomic E-state index is 5.48. The Kier molecular flexibility index (Phi) is 8.23. The molecule has 26 heavy (non-hydrogen) atoms. The van der Waals surface area contributed by atoms with Crippen LogP contribution >= 0.6 is 0 Å². The van der Waals surface area contributed by atoms with Crippen molar-refractivity contribution in [3.63, 3.8) is 0 Å². The molecule has 1 heterocycles. The van der Waals surface area contributed by atoms with Gasteiger partial charge in [0.25, 0.3) is 0 Å². The molecule has 0 bridgehead atoms. The molecule has 1 atom stereocenters. The summed E-state index contributed by atoms with van der Waals surface area (Å²) >= 11 is 0. The lowest BCUT2D eigenvalue weighted by molar-refractivity contribution is 0.159. The molecule has 5 heteroatoms. The van der Waals surface area contributed by atoms with Gasteiger partial charge in [-0.3, -0.25) is 4.99 Å². The van der Waals surface area contributed by atoms with Crippen molar-refractivity contribution in [3.05, 3.63) is 29.3 Å². The Morgan fingerprint density at radius 1 is 1.35 bits per heavy atom. The number of nitrogens with zero attached hydrogens (tertiary/aromatic N) is 2. The van der Waals surface area contributed by atoms with Crippen molar-refractivity contribution in [1.82, 2.24) is 15.5 Å². The molecule has 0 saturated carbocycles. The highest BCUT2D eigenvalue weighted by Crippen LogP contribution is 2.20. The van der Waals surface area contributed by atoms with Crippen LogP contribution in [0.3, 0.4) is 0 Å². The fourth-order valence-corrected chi connectivity index (χ4v) is 3.64. The van der Waals surface area contributed by atoms with Crippen LogP contribution in [0.15, 0.2) is 23.2 Å². The number of guanidine groups is 1.